The van der Waals surface area contributed by atoms with Gasteiger partial charge in [0.05, 0.1) is 19.3 Å². The van der Waals surface area contributed by atoms with E-state index in [4.69, 9.17) is 24.2 Å². The molecule has 3 fully saturated rings. The van der Waals surface area contributed by atoms with Gasteiger partial charge in [0, 0.05) is 19.1 Å². The number of H-pyrrole nitrogens is 1. The summed E-state index contributed by atoms with van der Waals surface area (Å²) in [5.41, 5.74) is 2.69. The number of anilines is 2. The number of aromatic nitrogens is 6. The summed E-state index contributed by atoms with van der Waals surface area (Å²) in [7, 11) is 0. The monoisotopic (exact) mass is 572 g/mol. The van der Waals surface area contributed by atoms with Gasteiger partial charge in [-0.15, -0.1) is 0 Å². The van der Waals surface area contributed by atoms with E-state index in [0.29, 0.717) is 36.5 Å². The largest absolute Gasteiger partial charge is 0.439 e. The predicted octanol–water partition coefficient (Wildman–Crippen LogP) is 5.17. The number of fused-ring (bicyclic) bond motifs is 1. The van der Waals surface area contributed by atoms with Crippen LogP contribution >= 0.6 is 0 Å². The van der Waals surface area contributed by atoms with Crippen molar-refractivity contribution in [3.05, 3.63) is 46.4 Å². The van der Waals surface area contributed by atoms with Crippen LogP contribution in [0.1, 0.15) is 70.4 Å². The number of benzene rings is 1. The third-order valence-electron chi connectivity index (χ3n) is 9.60. The second kappa shape index (κ2) is 11.5. The Bertz CT molecular complexity index is 1570. The molecule has 11 heteroatoms. The highest BCUT2D eigenvalue weighted by molar-refractivity contribution is 5.87. The van der Waals surface area contributed by atoms with Crippen LogP contribution in [0, 0.1) is 17.8 Å². The molecule has 1 saturated heterocycles. The van der Waals surface area contributed by atoms with Crippen LogP contribution in [0.3, 0.4) is 0 Å². The number of aromatic amines is 1. The van der Waals surface area contributed by atoms with E-state index in [2.05, 4.69) is 63.0 Å². The highest BCUT2D eigenvalue weighted by Crippen LogP contribution is 2.38. The maximum absolute atomic E-state index is 11.8. The summed E-state index contributed by atoms with van der Waals surface area (Å²) < 4.78 is 13.2. The van der Waals surface area contributed by atoms with Gasteiger partial charge < -0.3 is 19.5 Å². The Morgan fingerprint density at radius 1 is 1.07 bits per heavy atom. The summed E-state index contributed by atoms with van der Waals surface area (Å²) in [6.45, 7) is 7.40. The molecule has 0 bridgehead atoms. The number of hydrogen-bond acceptors (Lipinski definition) is 9. The minimum absolute atomic E-state index is 0.0338. The number of ether oxygens (including phenoxy) is 1. The van der Waals surface area contributed by atoms with Crippen molar-refractivity contribution in [2.24, 2.45) is 17.8 Å². The Balaban J connectivity index is 1.38. The highest BCUT2D eigenvalue weighted by Gasteiger charge is 2.33. The van der Waals surface area contributed by atoms with Gasteiger partial charge in [0.1, 0.15) is 5.52 Å². The molecule has 1 aromatic carbocycles. The molecule has 1 aliphatic heterocycles. The molecule has 0 unspecified atom stereocenters. The van der Waals surface area contributed by atoms with Crippen molar-refractivity contribution < 1.29 is 9.26 Å². The van der Waals surface area contributed by atoms with E-state index in [1.165, 1.54) is 50.5 Å². The van der Waals surface area contributed by atoms with Gasteiger partial charge in [-0.1, -0.05) is 61.7 Å². The van der Waals surface area contributed by atoms with Crippen LogP contribution in [-0.2, 0) is 11.3 Å². The van der Waals surface area contributed by atoms with E-state index in [-0.39, 0.29) is 17.9 Å². The SMILES string of the molecule is C[C@@H](Nc1nc(-c2noc(=O)[nH]2)nc2nc(N3CCOC[C@H]3c3ccccc3)n(C[C@H]3CC[C@H](C)CC3)c12)C1CCC1. The molecule has 7 rings (SSSR count). The minimum atomic E-state index is -0.636. The van der Waals surface area contributed by atoms with E-state index in [1.54, 1.807) is 0 Å². The zero-order valence-electron chi connectivity index (χ0n) is 24.5. The van der Waals surface area contributed by atoms with E-state index in [0.717, 1.165) is 36.3 Å². The Morgan fingerprint density at radius 2 is 1.88 bits per heavy atom. The van der Waals surface area contributed by atoms with Gasteiger partial charge in [0.2, 0.25) is 17.6 Å². The molecule has 0 spiro atoms. The summed E-state index contributed by atoms with van der Waals surface area (Å²) in [5, 5.41) is 7.63. The molecule has 0 amide bonds. The summed E-state index contributed by atoms with van der Waals surface area (Å²) in [6, 6.07) is 10.8. The fourth-order valence-electron chi connectivity index (χ4n) is 6.79. The van der Waals surface area contributed by atoms with Crippen LogP contribution in [0.4, 0.5) is 11.8 Å². The van der Waals surface area contributed by atoms with Gasteiger partial charge in [-0.05, 0) is 55.9 Å². The van der Waals surface area contributed by atoms with Crippen molar-refractivity contribution >= 4 is 22.9 Å². The first kappa shape index (κ1) is 27.1. The highest BCUT2D eigenvalue weighted by atomic mass is 16.5. The van der Waals surface area contributed by atoms with Crippen LogP contribution in [0.25, 0.3) is 22.8 Å². The first-order valence-electron chi connectivity index (χ1n) is 15.5. The average Bonchev–Trinajstić information content (AvgIpc) is 3.57. The van der Waals surface area contributed by atoms with Crippen LogP contribution in [0.5, 0.6) is 0 Å². The summed E-state index contributed by atoms with van der Waals surface area (Å²) in [4.78, 5) is 31.8. The Morgan fingerprint density at radius 3 is 2.60 bits per heavy atom. The molecule has 2 N–H and O–H groups in total. The van der Waals surface area contributed by atoms with E-state index >= 15 is 0 Å². The zero-order chi connectivity index (χ0) is 28.6. The van der Waals surface area contributed by atoms with Crippen molar-refractivity contribution in [3.63, 3.8) is 0 Å². The number of rotatable bonds is 8. The molecule has 3 aromatic heterocycles. The van der Waals surface area contributed by atoms with Gasteiger partial charge in [-0.2, -0.15) is 4.98 Å². The lowest BCUT2D eigenvalue weighted by Gasteiger charge is -2.37. The molecule has 222 valence electrons. The molecule has 2 aliphatic carbocycles. The number of nitrogens with one attached hydrogen (secondary N) is 2. The fourth-order valence-corrected chi connectivity index (χ4v) is 6.79. The quantitative estimate of drug-likeness (QED) is 0.294. The molecule has 2 atom stereocenters. The van der Waals surface area contributed by atoms with E-state index in [9.17, 15) is 4.79 Å². The summed E-state index contributed by atoms with van der Waals surface area (Å²) >= 11 is 0. The van der Waals surface area contributed by atoms with Crippen LogP contribution in [-0.4, -0.2) is 55.5 Å². The molecular weight excluding hydrogens is 532 g/mol. The molecular formula is C31H40N8O3. The second-order valence-corrected chi connectivity index (χ2v) is 12.5. The maximum Gasteiger partial charge on any atom is 0.439 e. The van der Waals surface area contributed by atoms with Gasteiger partial charge in [0.25, 0.3) is 0 Å². The molecule has 0 radical (unpaired) electrons. The summed E-state index contributed by atoms with van der Waals surface area (Å²) in [5.74, 6) is 3.40. The number of imidazole rings is 1. The predicted molar refractivity (Wildman–Crippen MR) is 160 cm³/mol. The van der Waals surface area contributed by atoms with Gasteiger partial charge >= 0.3 is 5.76 Å². The third kappa shape index (κ3) is 5.30. The molecule has 4 heterocycles. The van der Waals surface area contributed by atoms with Crippen molar-refractivity contribution in [2.75, 3.05) is 30.0 Å². The molecule has 4 aromatic rings. The molecule has 11 nitrogen and oxygen atoms in total. The van der Waals surface area contributed by atoms with Crippen LogP contribution in [0.2, 0.25) is 0 Å². The topological polar surface area (TPSA) is 127 Å². The first-order valence-corrected chi connectivity index (χ1v) is 15.5. The lowest BCUT2D eigenvalue weighted by atomic mass is 9.80. The first-order chi connectivity index (χ1) is 20.5. The maximum atomic E-state index is 11.8. The van der Waals surface area contributed by atoms with Crippen molar-refractivity contribution in [1.29, 1.82) is 0 Å². The molecule has 3 aliphatic rings. The number of morpholine rings is 1. The van der Waals surface area contributed by atoms with Gasteiger partial charge in [-0.25, -0.2) is 14.8 Å². The van der Waals surface area contributed by atoms with Crippen LogP contribution in [0.15, 0.2) is 39.6 Å². The fraction of sp³-hybridized carbons (Fsp3) is 0.581. The van der Waals surface area contributed by atoms with Crippen molar-refractivity contribution in [3.8, 4) is 11.6 Å². The third-order valence-corrected chi connectivity index (χ3v) is 9.60. The lowest BCUT2D eigenvalue weighted by molar-refractivity contribution is 0.0927. The Hall–Kier alpha value is -3.73. The Labute approximate surface area is 245 Å². The second-order valence-electron chi connectivity index (χ2n) is 12.5. The van der Waals surface area contributed by atoms with Gasteiger partial charge in [-0.3, -0.25) is 9.51 Å². The lowest BCUT2D eigenvalue weighted by Crippen LogP contribution is -2.41. The van der Waals surface area contributed by atoms with Gasteiger partial charge in [0.15, 0.2) is 11.5 Å². The van der Waals surface area contributed by atoms with Crippen LogP contribution < -0.4 is 16.0 Å². The zero-order valence-corrected chi connectivity index (χ0v) is 24.5. The summed E-state index contributed by atoms with van der Waals surface area (Å²) in [6.07, 6.45) is 8.59. The number of nitrogens with zero attached hydrogens (tertiary/aromatic N) is 6. The smallest absolute Gasteiger partial charge is 0.377 e. The average molecular weight is 573 g/mol. The molecule has 42 heavy (non-hydrogen) atoms. The molecule has 2 saturated carbocycles. The number of hydrogen-bond donors (Lipinski definition) is 2. The van der Waals surface area contributed by atoms with Crippen molar-refractivity contribution in [1.82, 2.24) is 29.7 Å². The normalized spacial score (nSPS) is 24.0. The van der Waals surface area contributed by atoms with E-state index in [1.807, 2.05) is 6.07 Å². The standard InChI is InChI=1S/C31H40N8O3/c1-19-11-13-21(14-12-19)17-39-25-26(32-20(2)22-9-6-10-22)33-28(29-36-31(40)42-37-29)34-27(25)35-30(39)38-15-16-41-18-24(38)23-7-4-3-5-8-23/h3-5,7-8,19-22,24H,6,9-18H2,1-2H3,(H,32,33,34)(H,36,37,40)/t19-,20-,21-,24+/m1/s1. The minimum Gasteiger partial charge on any atom is -0.377 e. The Kier molecular flexibility index (Phi) is 7.43. The van der Waals surface area contributed by atoms with Crippen molar-refractivity contribution in [2.45, 2.75) is 77.4 Å². The van der Waals surface area contributed by atoms with E-state index < -0.39 is 5.76 Å².